The first-order valence-electron chi connectivity index (χ1n) is 5.29. The van der Waals surface area contributed by atoms with E-state index >= 15 is 0 Å². The molecule has 0 unspecified atom stereocenters. The van der Waals surface area contributed by atoms with Crippen molar-refractivity contribution in [1.29, 1.82) is 5.26 Å². The van der Waals surface area contributed by atoms with Gasteiger partial charge in [-0.05, 0) is 36.6 Å². The zero-order chi connectivity index (χ0) is 13.0. The topological polar surface area (TPSA) is 53.3 Å². The van der Waals surface area contributed by atoms with Crippen LogP contribution in [0.2, 0.25) is 0 Å². The standard InChI is InChI=1S/C13H16N2O2/c1-9-10(2)12(17-4)6-5-11(9)8-15(3)13(16)7-14/h5-6H,8H2,1-4H3. The second-order valence-electron chi connectivity index (χ2n) is 3.95. The Bertz CT molecular complexity index is 475. The van der Waals surface area contributed by atoms with Crippen LogP contribution in [0.3, 0.4) is 0 Å². The van der Waals surface area contributed by atoms with Gasteiger partial charge in [0.15, 0.2) is 6.07 Å². The van der Waals surface area contributed by atoms with Crippen LogP contribution < -0.4 is 4.74 Å². The third-order valence-corrected chi connectivity index (χ3v) is 2.92. The summed E-state index contributed by atoms with van der Waals surface area (Å²) in [4.78, 5) is 12.6. The Kier molecular flexibility index (Phi) is 4.11. The first-order chi connectivity index (χ1) is 8.01. The maximum atomic E-state index is 11.2. The molecule has 0 saturated heterocycles. The Morgan fingerprint density at radius 3 is 2.59 bits per heavy atom. The predicted octanol–water partition coefficient (Wildman–Crippen LogP) is 1.79. The number of carbonyl (C=O) groups is 1. The summed E-state index contributed by atoms with van der Waals surface area (Å²) < 4.78 is 5.22. The maximum Gasteiger partial charge on any atom is 0.325 e. The summed E-state index contributed by atoms with van der Waals surface area (Å²) >= 11 is 0. The van der Waals surface area contributed by atoms with Crippen molar-refractivity contribution in [3.05, 3.63) is 28.8 Å². The highest BCUT2D eigenvalue weighted by molar-refractivity contribution is 5.90. The molecule has 0 spiro atoms. The minimum Gasteiger partial charge on any atom is -0.496 e. The molecule has 1 aromatic carbocycles. The van der Waals surface area contributed by atoms with Gasteiger partial charge in [-0.2, -0.15) is 5.26 Å². The van der Waals surface area contributed by atoms with Crippen LogP contribution >= 0.6 is 0 Å². The Balaban J connectivity index is 2.98. The number of benzene rings is 1. The lowest BCUT2D eigenvalue weighted by atomic mass is 10.0. The van der Waals surface area contributed by atoms with Crippen molar-refractivity contribution < 1.29 is 9.53 Å². The van der Waals surface area contributed by atoms with Gasteiger partial charge in [0, 0.05) is 13.6 Å². The summed E-state index contributed by atoms with van der Waals surface area (Å²) in [7, 11) is 3.25. The smallest absolute Gasteiger partial charge is 0.325 e. The minimum atomic E-state index is -0.530. The molecule has 0 aliphatic carbocycles. The van der Waals surface area contributed by atoms with Gasteiger partial charge in [0.05, 0.1) is 7.11 Å². The van der Waals surface area contributed by atoms with E-state index in [0.717, 1.165) is 22.4 Å². The molecule has 0 aliphatic rings. The summed E-state index contributed by atoms with van der Waals surface area (Å²) in [6.45, 7) is 4.39. The van der Waals surface area contributed by atoms with Crippen molar-refractivity contribution >= 4 is 5.91 Å². The largest absolute Gasteiger partial charge is 0.496 e. The molecule has 0 aromatic heterocycles. The zero-order valence-corrected chi connectivity index (χ0v) is 10.6. The van der Waals surface area contributed by atoms with Crippen LogP contribution in [0.5, 0.6) is 5.75 Å². The average molecular weight is 232 g/mol. The molecule has 4 nitrogen and oxygen atoms in total. The van der Waals surface area contributed by atoms with Crippen LogP contribution in [0.4, 0.5) is 0 Å². The molecule has 1 rings (SSSR count). The molecular formula is C13H16N2O2. The van der Waals surface area contributed by atoms with E-state index in [4.69, 9.17) is 10.00 Å². The minimum absolute atomic E-state index is 0.434. The Morgan fingerprint density at radius 1 is 1.41 bits per heavy atom. The third kappa shape index (κ3) is 2.76. The molecule has 17 heavy (non-hydrogen) atoms. The lowest BCUT2D eigenvalue weighted by Gasteiger charge is -2.17. The number of nitrogens with zero attached hydrogens (tertiary/aromatic N) is 2. The number of ether oxygens (including phenoxy) is 1. The number of nitriles is 1. The SMILES string of the molecule is COc1ccc(CN(C)C(=O)C#N)c(C)c1C. The zero-order valence-electron chi connectivity index (χ0n) is 10.6. The number of methoxy groups -OCH3 is 1. The Morgan fingerprint density at radius 2 is 2.06 bits per heavy atom. The van der Waals surface area contributed by atoms with Crippen LogP contribution in [0.25, 0.3) is 0 Å². The number of hydrogen-bond acceptors (Lipinski definition) is 3. The third-order valence-electron chi connectivity index (χ3n) is 2.92. The summed E-state index contributed by atoms with van der Waals surface area (Å²) in [5, 5.41) is 8.53. The predicted molar refractivity (Wildman–Crippen MR) is 64.6 cm³/mol. The second kappa shape index (κ2) is 5.35. The van der Waals surface area contributed by atoms with E-state index in [1.807, 2.05) is 26.0 Å². The van der Waals surface area contributed by atoms with Crippen LogP contribution in [0, 0.1) is 25.2 Å². The van der Waals surface area contributed by atoms with Crippen molar-refractivity contribution in [2.45, 2.75) is 20.4 Å². The summed E-state index contributed by atoms with van der Waals surface area (Å²) in [6.07, 6.45) is 0. The van der Waals surface area contributed by atoms with E-state index in [2.05, 4.69) is 0 Å². The van der Waals surface area contributed by atoms with Gasteiger partial charge in [0.1, 0.15) is 5.75 Å². The highest BCUT2D eigenvalue weighted by Gasteiger charge is 2.11. The van der Waals surface area contributed by atoms with Gasteiger partial charge < -0.3 is 9.64 Å². The van der Waals surface area contributed by atoms with Crippen LogP contribution in [-0.4, -0.2) is 25.0 Å². The highest BCUT2D eigenvalue weighted by Crippen LogP contribution is 2.24. The molecule has 0 bridgehead atoms. The van der Waals surface area contributed by atoms with Crippen LogP contribution in [0.15, 0.2) is 12.1 Å². The summed E-state index contributed by atoms with van der Waals surface area (Å²) in [5.41, 5.74) is 3.17. The van der Waals surface area contributed by atoms with E-state index in [-0.39, 0.29) is 0 Å². The van der Waals surface area contributed by atoms with Gasteiger partial charge in [-0.1, -0.05) is 6.07 Å². The average Bonchev–Trinajstić information content (AvgIpc) is 2.34. The molecule has 0 fully saturated rings. The monoisotopic (exact) mass is 232 g/mol. The molecular weight excluding hydrogens is 216 g/mol. The normalized spacial score (nSPS) is 9.59. The lowest BCUT2D eigenvalue weighted by Crippen LogP contribution is -2.24. The summed E-state index contributed by atoms with van der Waals surface area (Å²) in [5.74, 6) is 0.304. The molecule has 1 aromatic rings. The number of amides is 1. The van der Waals surface area contributed by atoms with Gasteiger partial charge in [-0.3, -0.25) is 4.79 Å². The molecule has 0 heterocycles. The van der Waals surface area contributed by atoms with Crippen molar-refractivity contribution in [2.24, 2.45) is 0 Å². The molecule has 4 heteroatoms. The Hall–Kier alpha value is -2.02. The molecule has 0 aliphatic heterocycles. The van der Waals surface area contributed by atoms with E-state index < -0.39 is 5.91 Å². The van der Waals surface area contributed by atoms with Crippen molar-refractivity contribution in [2.75, 3.05) is 14.2 Å². The molecule has 90 valence electrons. The maximum absolute atomic E-state index is 11.2. The fourth-order valence-electron chi connectivity index (χ4n) is 1.66. The van der Waals surface area contributed by atoms with E-state index in [0.29, 0.717) is 6.54 Å². The second-order valence-corrected chi connectivity index (χ2v) is 3.95. The van der Waals surface area contributed by atoms with Crippen molar-refractivity contribution in [3.63, 3.8) is 0 Å². The first-order valence-corrected chi connectivity index (χ1v) is 5.29. The van der Waals surface area contributed by atoms with Gasteiger partial charge in [-0.25, -0.2) is 0 Å². The Labute approximate surface area is 101 Å². The van der Waals surface area contributed by atoms with Gasteiger partial charge in [0.25, 0.3) is 0 Å². The van der Waals surface area contributed by atoms with Crippen molar-refractivity contribution in [3.8, 4) is 11.8 Å². The highest BCUT2D eigenvalue weighted by atomic mass is 16.5. The number of hydrogen-bond donors (Lipinski definition) is 0. The quantitative estimate of drug-likeness (QED) is 0.747. The fraction of sp³-hybridized carbons (Fsp3) is 0.385. The van der Waals surface area contributed by atoms with E-state index in [9.17, 15) is 4.79 Å². The van der Waals surface area contributed by atoms with Crippen molar-refractivity contribution in [1.82, 2.24) is 4.90 Å². The fourth-order valence-corrected chi connectivity index (χ4v) is 1.66. The molecule has 0 N–H and O–H groups in total. The number of rotatable bonds is 3. The van der Waals surface area contributed by atoms with Crippen LogP contribution in [-0.2, 0) is 11.3 Å². The first kappa shape index (κ1) is 13.0. The van der Waals surface area contributed by atoms with Gasteiger partial charge >= 0.3 is 5.91 Å². The molecule has 0 radical (unpaired) electrons. The number of carbonyl (C=O) groups excluding carboxylic acids is 1. The van der Waals surface area contributed by atoms with Crippen LogP contribution in [0.1, 0.15) is 16.7 Å². The van der Waals surface area contributed by atoms with Gasteiger partial charge in [-0.15, -0.1) is 0 Å². The molecule has 0 saturated carbocycles. The summed E-state index contributed by atoms with van der Waals surface area (Å²) in [6, 6.07) is 5.40. The van der Waals surface area contributed by atoms with E-state index in [1.165, 1.54) is 4.90 Å². The molecule has 0 atom stereocenters. The lowest BCUT2D eigenvalue weighted by molar-refractivity contribution is -0.124. The van der Waals surface area contributed by atoms with Gasteiger partial charge in [0.2, 0.25) is 0 Å². The van der Waals surface area contributed by atoms with E-state index in [1.54, 1.807) is 20.2 Å². The molecule has 1 amide bonds.